The number of carbonyl (C=O) groups is 3. The van der Waals surface area contributed by atoms with E-state index in [1.54, 1.807) is 18.2 Å². The monoisotopic (exact) mass is 629 g/mol. The smallest absolute Gasteiger partial charge is 0.408 e. The lowest BCUT2D eigenvalue weighted by Crippen LogP contribution is -2.42. The van der Waals surface area contributed by atoms with Crippen LogP contribution in [-0.2, 0) is 37.0 Å². The number of nitrogens with zero attached hydrogens (tertiary/aromatic N) is 3. The van der Waals surface area contributed by atoms with Gasteiger partial charge in [0.15, 0.2) is 11.4 Å². The van der Waals surface area contributed by atoms with E-state index < -0.39 is 30.2 Å². The van der Waals surface area contributed by atoms with Gasteiger partial charge in [-0.25, -0.2) is 14.7 Å². The van der Waals surface area contributed by atoms with Crippen molar-refractivity contribution in [3.8, 4) is 0 Å². The van der Waals surface area contributed by atoms with E-state index in [1.807, 2.05) is 60.7 Å². The summed E-state index contributed by atoms with van der Waals surface area (Å²) in [5.41, 5.74) is 3.50. The van der Waals surface area contributed by atoms with E-state index in [4.69, 9.17) is 14.2 Å². The van der Waals surface area contributed by atoms with Crippen molar-refractivity contribution in [2.45, 2.75) is 55.8 Å². The summed E-state index contributed by atoms with van der Waals surface area (Å²) in [4.78, 5) is 43.9. The Balaban J connectivity index is 1.16. The number of aliphatic hydroxyl groups excluding tert-OH is 1. The largest absolute Gasteiger partial charge is 0.445 e. The molecule has 45 heavy (non-hydrogen) atoms. The van der Waals surface area contributed by atoms with Crippen molar-refractivity contribution < 1.29 is 33.7 Å². The zero-order chi connectivity index (χ0) is 31.2. The summed E-state index contributed by atoms with van der Waals surface area (Å²) >= 11 is 1.48. The maximum Gasteiger partial charge on any atom is 0.408 e. The molecule has 2 saturated heterocycles. The Hall–Kier alpha value is -4.56. The highest BCUT2D eigenvalue weighted by atomic mass is 32.2. The van der Waals surface area contributed by atoms with Crippen molar-refractivity contribution in [1.82, 2.24) is 20.5 Å². The number of aliphatic hydroxyl groups is 1. The van der Waals surface area contributed by atoms with Crippen molar-refractivity contribution in [2.24, 2.45) is 0 Å². The van der Waals surface area contributed by atoms with Crippen molar-refractivity contribution in [1.29, 1.82) is 0 Å². The third-order valence-electron chi connectivity index (χ3n) is 7.47. The molecule has 0 bridgehead atoms. The van der Waals surface area contributed by atoms with Crippen LogP contribution in [-0.4, -0.2) is 56.1 Å². The first-order valence-corrected chi connectivity index (χ1v) is 15.4. The average molecular weight is 630 g/mol. The van der Waals surface area contributed by atoms with Gasteiger partial charge in [0.05, 0.1) is 30.9 Å². The number of thioether (sulfide) groups is 1. The van der Waals surface area contributed by atoms with Crippen LogP contribution in [0, 0.1) is 0 Å². The molecule has 6 rings (SSSR count). The van der Waals surface area contributed by atoms with Crippen LogP contribution in [0.15, 0.2) is 90.3 Å². The predicted octanol–water partition coefficient (Wildman–Crippen LogP) is 4.19. The van der Waals surface area contributed by atoms with E-state index in [1.165, 1.54) is 18.1 Å². The second-order valence-electron chi connectivity index (χ2n) is 10.6. The lowest BCUT2D eigenvalue weighted by atomic mass is 10.0. The summed E-state index contributed by atoms with van der Waals surface area (Å²) in [5, 5.41) is 19.4. The van der Waals surface area contributed by atoms with Gasteiger partial charge in [-0.1, -0.05) is 78.5 Å². The molecule has 0 radical (unpaired) electrons. The van der Waals surface area contributed by atoms with Crippen LogP contribution in [0.2, 0.25) is 0 Å². The fraction of sp³-hybridized carbons (Fsp3) is 0.281. The Morgan fingerprint density at radius 1 is 1.02 bits per heavy atom. The van der Waals surface area contributed by atoms with Crippen molar-refractivity contribution >= 4 is 35.4 Å². The third-order valence-corrected chi connectivity index (χ3v) is 8.47. The summed E-state index contributed by atoms with van der Waals surface area (Å²) in [6.07, 6.45) is -0.282. The number of hydrogen-bond donors (Lipinski definition) is 3. The van der Waals surface area contributed by atoms with Gasteiger partial charge in [0.2, 0.25) is 5.91 Å². The summed E-state index contributed by atoms with van der Waals surface area (Å²) in [5.74, 6) is -0.418. The first-order chi connectivity index (χ1) is 22.0. The number of nitrogens with one attached hydrogen (secondary N) is 2. The van der Waals surface area contributed by atoms with Gasteiger partial charge in [-0.3, -0.25) is 14.7 Å². The quantitative estimate of drug-likeness (QED) is 0.172. The van der Waals surface area contributed by atoms with E-state index in [2.05, 4.69) is 20.5 Å². The molecule has 3 N–H and O–H groups in total. The molecular weight excluding hydrogens is 598 g/mol. The maximum atomic E-state index is 13.3. The Kier molecular flexibility index (Phi) is 9.50. The molecule has 12 nitrogen and oxygen atoms in total. The van der Waals surface area contributed by atoms with E-state index in [-0.39, 0.29) is 31.8 Å². The van der Waals surface area contributed by atoms with Gasteiger partial charge < -0.3 is 24.6 Å². The van der Waals surface area contributed by atoms with Crippen molar-refractivity contribution in [3.63, 3.8) is 0 Å². The van der Waals surface area contributed by atoms with Crippen LogP contribution < -0.4 is 10.2 Å². The van der Waals surface area contributed by atoms with Gasteiger partial charge in [0.1, 0.15) is 19.0 Å². The number of carbonyl (C=O) groups excluding carboxylic acids is 3. The van der Waals surface area contributed by atoms with Crippen LogP contribution in [0.1, 0.15) is 47.5 Å². The molecule has 1 aromatic heterocycles. The predicted molar refractivity (Wildman–Crippen MR) is 163 cm³/mol. The Bertz CT molecular complexity index is 1620. The van der Waals surface area contributed by atoms with Crippen molar-refractivity contribution in [3.05, 3.63) is 107 Å². The Morgan fingerprint density at radius 2 is 1.84 bits per heavy atom. The number of aromatic amines is 1. The normalized spacial score (nSPS) is 21.6. The van der Waals surface area contributed by atoms with E-state index in [0.717, 1.165) is 21.6 Å². The van der Waals surface area contributed by atoms with Crippen LogP contribution in [0.3, 0.4) is 0 Å². The second-order valence-corrected chi connectivity index (χ2v) is 11.6. The molecule has 2 fully saturated rings. The Labute approximate surface area is 263 Å². The fourth-order valence-corrected chi connectivity index (χ4v) is 5.99. The molecule has 13 heteroatoms. The number of aromatic nitrogens is 3. The van der Waals surface area contributed by atoms with Gasteiger partial charge in [-0.15, -0.1) is 0 Å². The van der Waals surface area contributed by atoms with Crippen molar-refractivity contribution in [2.75, 3.05) is 10.7 Å². The molecule has 4 atom stereocenters. The topological polar surface area (TPSA) is 156 Å². The molecule has 4 aromatic rings. The molecule has 0 saturated carbocycles. The minimum atomic E-state index is -1.05. The third kappa shape index (κ3) is 7.40. The summed E-state index contributed by atoms with van der Waals surface area (Å²) in [6, 6.07) is 22.6. The molecule has 3 aromatic carbocycles. The van der Waals surface area contributed by atoms with Gasteiger partial charge in [-0.05, 0) is 28.8 Å². The number of rotatable bonds is 10. The summed E-state index contributed by atoms with van der Waals surface area (Å²) in [6.45, 7) is -0.0148. The van der Waals surface area contributed by atoms with Gasteiger partial charge in [0, 0.05) is 17.7 Å². The lowest BCUT2D eigenvalue weighted by Gasteiger charge is -2.36. The van der Waals surface area contributed by atoms with Crippen LogP contribution in [0.25, 0.3) is 0 Å². The highest BCUT2D eigenvalue weighted by Gasteiger charge is 2.41. The summed E-state index contributed by atoms with van der Waals surface area (Å²) in [7, 11) is 0. The first kappa shape index (κ1) is 30.5. The van der Waals surface area contributed by atoms with Crippen LogP contribution in [0.5, 0.6) is 0 Å². The molecule has 0 spiro atoms. The SMILES string of the molecule is O=C(NC1CC(=O)N(c2cccc([C@@H]3O[C@H](CSc4ncn[nH]4)C[C@H](c4ccc(CO)cc4)O3)c2)C1=O)OCc1ccccc1. The standard InChI is InChI=1S/C32H31N5O7S/c38-16-20-9-11-22(12-10-20)27-14-25(18-45-31-33-19-34-36-31)43-30(44-27)23-7-4-8-24(13-23)37-28(39)15-26(29(37)40)35-32(41)42-17-21-5-2-1-3-6-21/h1-13,19,25-27,30,38H,14-18H2,(H,35,41)(H,33,34,36)/t25-,26?,27+,30+/m0/s1. The first-order valence-electron chi connectivity index (χ1n) is 14.4. The number of H-pyrrole nitrogens is 1. The van der Waals surface area contributed by atoms with Crippen LogP contribution >= 0.6 is 11.8 Å². The number of imide groups is 1. The lowest BCUT2D eigenvalue weighted by molar-refractivity contribution is -0.245. The zero-order valence-corrected chi connectivity index (χ0v) is 24.9. The number of ether oxygens (including phenoxy) is 3. The number of benzene rings is 3. The number of alkyl carbamates (subject to hydrolysis) is 1. The van der Waals surface area contributed by atoms with Gasteiger partial charge in [0.25, 0.3) is 5.91 Å². The highest BCUT2D eigenvalue weighted by molar-refractivity contribution is 7.99. The molecule has 3 amide bonds. The van der Waals surface area contributed by atoms with Crippen LogP contribution in [0.4, 0.5) is 10.5 Å². The minimum Gasteiger partial charge on any atom is -0.445 e. The highest BCUT2D eigenvalue weighted by Crippen LogP contribution is 2.40. The average Bonchev–Trinajstić information content (AvgIpc) is 3.70. The fourth-order valence-electron chi connectivity index (χ4n) is 5.19. The Morgan fingerprint density at radius 3 is 2.60 bits per heavy atom. The maximum absolute atomic E-state index is 13.3. The molecule has 3 heterocycles. The van der Waals surface area contributed by atoms with E-state index in [9.17, 15) is 19.5 Å². The molecule has 2 aliphatic rings. The minimum absolute atomic E-state index is 0.0408. The number of amides is 3. The van der Waals surface area contributed by atoms with Gasteiger partial charge >= 0.3 is 6.09 Å². The summed E-state index contributed by atoms with van der Waals surface area (Å²) < 4.78 is 18.0. The van der Waals surface area contributed by atoms with E-state index in [0.29, 0.717) is 28.6 Å². The van der Waals surface area contributed by atoms with Gasteiger partial charge in [-0.2, -0.15) is 5.10 Å². The van der Waals surface area contributed by atoms with E-state index >= 15 is 0 Å². The zero-order valence-electron chi connectivity index (χ0n) is 24.1. The number of anilines is 1. The molecular formula is C32H31N5O7S. The second kappa shape index (κ2) is 14.0. The molecule has 232 valence electrons. The molecule has 1 unspecified atom stereocenters. The molecule has 2 aliphatic heterocycles. The number of hydrogen-bond acceptors (Lipinski definition) is 10. The molecule has 0 aliphatic carbocycles.